The van der Waals surface area contributed by atoms with E-state index >= 15 is 0 Å². The quantitative estimate of drug-likeness (QED) is 0.160. The third-order valence-corrected chi connectivity index (χ3v) is 7.77. The average molecular weight is 553 g/mol. The van der Waals surface area contributed by atoms with Crippen LogP contribution in [0.1, 0.15) is 59.6 Å². The number of ether oxygens (including phenoxy) is 1. The van der Waals surface area contributed by atoms with Gasteiger partial charge in [0.1, 0.15) is 24.0 Å². The maximum Gasteiger partial charge on any atom is 0.251 e. The van der Waals surface area contributed by atoms with Gasteiger partial charge in [-0.15, -0.1) is 10.2 Å². The minimum absolute atomic E-state index is 0.0534. The molecule has 6 rings (SSSR count). The maximum atomic E-state index is 13.0. The number of amides is 1. The highest BCUT2D eigenvalue weighted by atomic mass is 16.5. The monoisotopic (exact) mass is 552 g/mol. The first-order valence-corrected chi connectivity index (χ1v) is 13.7. The maximum absolute atomic E-state index is 13.0. The second kappa shape index (κ2) is 11.0. The first kappa shape index (κ1) is 26.4. The number of para-hydroxylation sites is 1. The Labute approximate surface area is 236 Å². The van der Waals surface area contributed by atoms with Crippen molar-refractivity contribution in [2.45, 2.75) is 39.0 Å². The zero-order valence-corrected chi connectivity index (χ0v) is 23.2. The number of carbonyl (C=O) groups excluding carboxylic acids is 1. The van der Waals surface area contributed by atoms with Crippen LogP contribution in [-0.4, -0.2) is 64.9 Å². The molecule has 3 heterocycles. The van der Waals surface area contributed by atoms with E-state index in [1.807, 2.05) is 54.9 Å². The number of aryl methyl sites for hydroxylation is 2. The molecule has 0 saturated heterocycles. The van der Waals surface area contributed by atoms with Crippen LogP contribution >= 0.6 is 0 Å². The summed E-state index contributed by atoms with van der Waals surface area (Å²) in [6.45, 7) is 4.59. The van der Waals surface area contributed by atoms with E-state index in [9.17, 15) is 4.79 Å². The van der Waals surface area contributed by atoms with Crippen molar-refractivity contribution in [3.8, 4) is 17.1 Å². The summed E-state index contributed by atoms with van der Waals surface area (Å²) in [5, 5.41) is 25.0. The fourth-order valence-corrected chi connectivity index (χ4v) is 5.42. The molecular weight excluding hydrogens is 520 g/mol. The SMILES string of the molecule is CC(=N)C1CCc2nc(C(C)c3nc4ccc(C(=O)NCCOc5ccccc5-c5nn[nH]n5)cc4n3C)[nH]c2C1. The molecule has 0 aliphatic heterocycles. The molecule has 2 atom stereocenters. The molecule has 1 aliphatic carbocycles. The second-order valence-corrected chi connectivity index (χ2v) is 10.5. The van der Waals surface area contributed by atoms with Crippen molar-refractivity contribution in [1.82, 2.24) is 45.5 Å². The predicted molar refractivity (Wildman–Crippen MR) is 153 cm³/mol. The number of nitrogens with one attached hydrogen (secondary N) is 4. The Hall–Kier alpha value is -4.87. The topological polar surface area (TPSA) is 163 Å². The normalized spacial score (nSPS) is 15.4. The summed E-state index contributed by atoms with van der Waals surface area (Å²) in [6, 6.07) is 13.0. The molecule has 0 fully saturated rings. The summed E-state index contributed by atoms with van der Waals surface area (Å²) in [6.07, 6.45) is 2.69. The van der Waals surface area contributed by atoms with Gasteiger partial charge in [0.05, 0.1) is 34.8 Å². The number of benzene rings is 2. The van der Waals surface area contributed by atoms with Gasteiger partial charge >= 0.3 is 0 Å². The Morgan fingerprint density at radius 2 is 2.10 bits per heavy atom. The van der Waals surface area contributed by atoms with Gasteiger partial charge in [-0.1, -0.05) is 12.1 Å². The molecule has 210 valence electrons. The van der Waals surface area contributed by atoms with Gasteiger partial charge in [-0.2, -0.15) is 5.21 Å². The molecule has 12 heteroatoms. The Bertz CT molecular complexity index is 1720. The van der Waals surface area contributed by atoms with Gasteiger partial charge in [0, 0.05) is 29.9 Å². The molecule has 4 N–H and O–H groups in total. The number of rotatable bonds is 9. The van der Waals surface area contributed by atoms with Gasteiger partial charge < -0.3 is 25.0 Å². The molecule has 0 spiro atoms. The highest BCUT2D eigenvalue weighted by molar-refractivity contribution is 5.97. The zero-order chi connectivity index (χ0) is 28.5. The summed E-state index contributed by atoms with van der Waals surface area (Å²) < 4.78 is 7.91. The van der Waals surface area contributed by atoms with E-state index in [-0.39, 0.29) is 24.3 Å². The Kier molecular flexibility index (Phi) is 7.04. The number of tetrazole rings is 1. The summed E-state index contributed by atoms with van der Waals surface area (Å²) in [4.78, 5) is 26.2. The predicted octanol–water partition coefficient (Wildman–Crippen LogP) is 3.58. The fraction of sp³-hybridized carbons (Fsp3) is 0.345. The first-order valence-electron chi connectivity index (χ1n) is 13.7. The first-order chi connectivity index (χ1) is 19.9. The van der Waals surface area contributed by atoms with E-state index in [0.717, 1.165) is 64.6 Å². The van der Waals surface area contributed by atoms with Crippen LogP contribution in [0.3, 0.4) is 0 Å². The molecule has 12 nitrogen and oxygen atoms in total. The molecular formula is C29H32N10O2. The van der Waals surface area contributed by atoms with Crippen molar-refractivity contribution in [3.05, 3.63) is 71.1 Å². The van der Waals surface area contributed by atoms with Crippen LogP contribution in [0, 0.1) is 11.3 Å². The summed E-state index contributed by atoms with van der Waals surface area (Å²) in [7, 11) is 1.97. The van der Waals surface area contributed by atoms with Gasteiger partial charge in [0.2, 0.25) is 5.82 Å². The Morgan fingerprint density at radius 3 is 2.90 bits per heavy atom. The third-order valence-electron chi connectivity index (χ3n) is 7.77. The van der Waals surface area contributed by atoms with E-state index in [1.165, 1.54) is 0 Å². The molecule has 1 aliphatic rings. The smallest absolute Gasteiger partial charge is 0.251 e. The van der Waals surface area contributed by atoms with Gasteiger partial charge in [-0.25, -0.2) is 9.97 Å². The van der Waals surface area contributed by atoms with Crippen molar-refractivity contribution in [3.63, 3.8) is 0 Å². The zero-order valence-electron chi connectivity index (χ0n) is 23.2. The molecule has 1 amide bonds. The van der Waals surface area contributed by atoms with Crippen LogP contribution in [0.25, 0.3) is 22.4 Å². The third kappa shape index (κ3) is 5.20. The highest BCUT2D eigenvalue weighted by Crippen LogP contribution is 2.30. The minimum atomic E-state index is -0.187. The fourth-order valence-electron chi connectivity index (χ4n) is 5.42. The highest BCUT2D eigenvalue weighted by Gasteiger charge is 2.26. The van der Waals surface area contributed by atoms with Crippen molar-refractivity contribution in [1.29, 1.82) is 5.41 Å². The summed E-state index contributed by atoms with van der Waals surface area (Å²) in [5.74, 6) is 2.86. The van der Waals surface area contributed by atoms with Crippen LogP contribution in [0.4, 0.5) is 0 Å². The number of fused-ring (bicyclic) bond motifs is 2. The van der Waals surface area contributed by atoms with Gasteiger partial charge in [-0.05, 0) is 68.7 Å². The molecule has 0 radical (unpaired) electrons. The molecule has 3 aromatic heterocycles. The lowest BCUT2D eigenvalue weighted by molar-refractivity contribution is 0.0947. The standard InChI is InChI=1S/C29H32N10O2/c1-16(26-32-21-10-8-18(17(2)30)14-23(21)33-26)28-34-22-11-9-19(15-24(22)39(28)3)29(40)31-12-13-41-25-7-5-4-6-20(25)27-35-37-38-36-27/h4-7,9,11,15-16,18,30H,8,10,12-14H2,1-3H3,(H,31,40)(H,32,33)(H,35,36,37,38). The van der Waals surface area contributed by atoms with Gasteiger partial charge in [0.15, 0.2) is 0 Å². The number of hydrogen-bond acceptors (Lipinski definition) is 8. The van der Waals surface area contributed by atoms with E-state index in [0.29, 0.717) is 23.7 Å². The molecule has 5 aromatic rings. The van der Waals surface area contributed by atoms with E-state index in [1.54, 1.807) is 6.07 Å². The number of imidazole rings is 2. The number of H-pyrrole nitrogens is 2. The van der Waals surface area contributed by atoms with Crippen LogP contribution < -0.4 is 10.1 Å². The van der Waals surface area contributed by atoms with Crippen molar-refractivity contribution in [2.24, 2.45) is 13.0 Å². The Balaban J connectivity index is 1.12. The average Bonchev–Trinajstić information content (AvgIpc) is 3.74. The van der Waals surface area contributed by atoms with Gasteiger partial charge in [-0.3, -0.25) is 4.79 Å². The number of hydrogen-bond donors (Lipinski definition) is 4. The van der Waals surface area contributed by atoms with Crippen LogP contribution in [-0.2, 0) is 19.9 Å². The molecule has 2 aromatic carbocycles. The van der Waals surface area contributed by atoms with E-state index in [2.05, 4.69) is 37.8 Å². The minimum Gasteiger partial charge on any atom is -0.491 e. The Morgan fingerprint density at radius 1 is 1.24 bits per heavy atom. The number of nitrogens with zero attached hydrogens (tertiary/aromatic N) is 6. The second-order valence-electron chi connectivity index (χ2n) is 10.5. The van der Waals surface area contributed by atoms with Crippen molar-refractivity contribution >= 4 is 22.7 Å². The van der Waals surface area contributed by atoms with Crippen LogP contribution in [0.5, 0.6) is 5.75 Å². The lowest BCUT2D eigenvalue weighted by Gasteiger charge is -2.19. The van der Waals surface area contributed by atoms with E-state index < -0.39 is 0 Å². The lowest BCUT2D eigenvalue weighted by Crippen LogP contribution is -2.28. The summed E-state index contributed by atoms with van der Waals surface area (Å²) >= 11 is 0. The molecule has 41 heavy (non-hydrogen) atoms. The molecule has 0 bridgehead atoms. The van der Waals surface area contributed by atoms with Gasteiger partial charge in [0.25, 0.3) is 5.91 Å². The summed E-state index contributed by atoms with van der Waals surface area (Å²) in [5.41, 5.74) is 5.93. The number of carbonyl (C=O) groups is 1. The molecule has 2 unspecified atom stereocenters. The van der Waals surface area contributed by atoms with Crippen LogP contribution in [0.2, 0.25) is 0 Å². The van der Waals surface area contributed by atoms with E-state index in [4.69, 9.17) is 20.1 Å². The number of aromatic nitrogens is 8. The van der Waals surface area contributed by atoms with Crippen LogP contribution in [0.15, 0.2) is 42.5 Å². The number of aromatic amines is 2. The van der Waals surface area contributed by atoms with Crippen molar-refractivity contribution in [2.75, 3.05) is 13.2 Å². The largest absolute Gasteiger partial charge is 0.491 e. The van der Waals surface area contributed by atoms with Crippen molar-refractivity contribution < 1.29 is 9.53 Å². The lowest BCUT2D eigenvalue weighted by atomic mass is 9.87. The molecule has 0 saturated carbocycles.